The fourth-order valence-electron chi connectivity index (χ4n) is 2.68. The van der Waals surface area contributed by atoms with E-state index in [1.807, 2.05) is 12.1 Å². The van der Waals surface area contributed by atoms with Crippen molar-refractivity contribution in [3.63, 3.8) is 0 Å². The zero-order valence-corrected chi connectivity index (χ0v) is 15.0. The number of hydrogen-bond donors (Lipinski definition) is 1. The van der Waals surface area contributed by atoms with Crippen molar-refractivity contribution < 1.29 is 4.92 Å². The van der Waals surface area contributed by atoms with Crippen molar-refractivity contribution in [3.05, 3.63) is 51.8 Å². The Hall–Kier alpha value is -2.54. The molecule has 1 heterocycles. The van der Waals surface area contributed by atoms with Crippen LogP contribution in [0.2, 0.25) is 0 Å². The highest BCUT2D eigenvalue weighted by Crippen LogP contribution is 2.19. The Labute approximate surface area is 148 Å². The molecule has 0 radical (unpaired) electrons. The summed E-state index contributed by atoms with van der Waals surface area (Å²) in [6, 6.07) is 8.12. The zero-order valence-electron chi connectivity index (χ0n) is 15.0. The molecule has 2 rings (SSSR count). The van der Waals surface area contributed by atoms with Gasteiger partial charge in [0.25, 0.3) is 0 Å². The van der Waals surface area contributed by atoms with Gasteiger partial charge >= 0.3 is 5.69 Å². The van der Waals surface area contributed by atoms with E-state index in [-0.39, 0.29) is 5.69 Å². The molecule has 0 amide bonds. The predicted octanol–water partition coefficient (Wildman–Crippen LogP) is 4.06. The molecule has 25 heavy (non-hydrogen) atoms. The third-order valence-electron chi connectivity index (χ3n) is 3.85. The molecule has 134 valence electrons. The number of anilines is 2. The maximum absolute atomic E-state index is 10.8. The van der Waals surface area contributed by atoms with Crippen LogP contribution in [0.5, 0.6) is 0 Å². The Morgan fingerprint density at radius 2 is 1.80 bits per heavy atom. The largest absolute Gasteiger partial charge is 0.324 e. The monoisotopic (exact) mass is 343 g/mol. The average molecular weight is 343 g/mol. The first-order chi connectivity index (χ1) is 12.0. The lowest BCUT2D eigenvalue weighted by Crippen LogP contribution is -2.24. The van der Waals surface area contributed by atoms with Gasteiger partial charge in [0, 0.05) is 12.2 Å². The highest BCUT2D eigenvalue weighted by atomic mass is 16.6. The van der Waals surface area contributed by atoms with Crippen LogP contribution in [0.4, 0.5) is 17.3 Å². The quantitative estimate of drug-likeness (QED) is 0.546. The van der Waals surface area contributed by atoms with Crippen molar-refractivity contribution in [1.29, 1.82) is 0 Å². The van der Waals surface area contributed by atoms with Crippen LogP contribution in [0.15, 0.2) is 30.5 Å². The summed E-state index contributed by atoms with van der Waals surface area (Å²) in [7, 11) is 0. The molecule has 0 bridgehead atoms. The van der Waals surface area contributed by atoms with Crippen LogP contribution in [-0.2, 0) is 6.54 Å². The Morgan fingerprint density at radius 3 is 2.32 bits per heavy atom. The normalized spacial score (nSPS) is 10.9. The minimum Gasteiger partial charge on any atom is -0.324 e. The second kappa shape index (κ2) is 9.08. The summed E-state index contributed by atoms with van der Waals surface area (Å²) in [6.07, 6.45) is 3.53. The fourth-order valence-corrected chi connectivity index (χ4v) is 2.68. The van der Waals surface area contributed by atoms with Crippen molar-refractivity contribution in [2.45, 2.75) is 40.2 Å². The summed E-state index contributed by atoms with van der Waals surface area (Å²) in [5.41, 5.74) is 2.38. The van der Waals surface area contributed by atoms with Crippen LogP contribution < -0.4 is 5.32 Å². The molecule has 0 saturated heterocycles. The SMILES string of the molecule is CCCN(CCC)Cc1ccc(Nc2ncc([N+](=O)[O-])c(C)n2)cc1. The first-order valence-corrected chi connectivity index (χ1v) is 8.59. The summed E-state index contributed by atoms with van der Waals surface area (Å²) in [5, 5.41) is 13.9. The second-order valence-corrected chi connectivity index (χ2v) is 6.02. The summed E-state index contributed by atoms with van der Waals surface area (Å²) < 4.78 is 0. The molecule has 0 aliphatic rings. The maximum Gasteiger partial charge on any atom is 0.308 e. The van der Waals surface area contributed by atoms with Crippen molar-refractivity contribution >= 4 is 17.3 Å². The molecule has 0 aliphatic heterocycles. The van der Waals surface area contributed by atoms with Crippen molar-refractivity contribution in [3.8, 4) is 0 Å². The third-order valence-corrected chi connectivity index (χ3v) is 3.85. The third kappa shape index (κ3) is 5.49. The van der Waals surface area contributed by atoms with Crippen LogP contribution in [0.3, 0.4) is 0 Å². The van der Waals surface area contributed by atoms with Crippen LogP contribution in [0.25, 0.3) is 0 Å². The zero-order chi connectivity index (χ0) is 18.2. The van der Waals surface area contributed by atoms with Crippen molar-refractivity contribution in [2.24, 2.45) is 0 Å². The molecule has 0 unspecified atom stereocenters. The van der Waals surface area contributed by atoms with Crippen LogP contribution in [0, 0.1) is 17.0 Å². The van der Waals surface area contributed by atoms with Gasteiger partial charge in [-0.2, -0.15) is 0 Å². The number of nitrogens with zero attached hydrogens (tertiary/aromatic N) is 4. The van der Waals surface area contributed by atoms with Gasteiger partial charge in [-0.25, -0.2) is 9.97 Å². The van der Waals surface area contributed by atoms with E-state index >= 15 is 0 Å². The molecule has 0 saturated carbocycles. The number of benzene rings is 1. The molecule has 0 fully saturated rings. The minimum atomic E-state index is -0.480. The van der Waals surface area contributed by atoms with Crippen LogP contribution in [-0.4, -0.2) is 32.9 Å². The van der Waals surface area contributed by atoms with E-state index in [1.54, 1.807) is 6.92 Å². The molecule has 0 spiro atoms. The molecule has 0 atom stereocenters. The van der Waals surface area contributed by atoms with Gasteiger partial charge in [0.15, 0.2) is 0 Å². The Bertz CT molecular complexity index is 697. The van der Waals surface area contributed by atoms with Gasteiger partial charge in [0.2, 0.25) is 5.95 Å². The van der Waals surface area contributed by atoms with Crippen molar-refractivity contribution in [1.82, 2.24) is 14.9 Å². The highest BCUT2D eigenvalue weighted by Gasteiger charge is 2.13. The first kappa shape index (κ1) is 18.8. The van der Waals surface area contributed by atoms with Gasteiger partial charge in [-0.3, -0.25) is 15.0 Å². The van der Waals surface area contributed by atoms with Gasteiger partial charge in [-0.1, -0.05) is 26.0 Å². The lowest BCUT2D eigenvalue weighted by atomic mass is 10.2. The standard InChI is InChI=1S/C18H25N5O2/c1-4-10-22(11-5-2)13-15-6-8-16(9-7-15)21-18-19-12-17(23(24)25)14(3)20-18/h6-9,12H,4-5,10-11,13H2,1-3H3,(H,19,20,21). The van der Waals surface area contributed by atoms with E-state index < -0.39 is 4.92 Å². The Morgan fingerprint density at radius 1 is 1.16 bits per heavy atom. The highest BCUT2D eigenvalue weighted by molar-refractivity contribution is 5.54. The lowest BCUT2D eigenvalue weighted by molar-refractivity contribution is -0.386. The molecule has 1 aromatic carbocycles. The molecule has 1 N–H and O–H groups in total. The Kier molecular flexibility index (Phi) is 6.82. The second-order valence-electron chi connectivity index (χ2n) is 6.02. The van der Waals surface area contributed by atoms with Crippen LogP contribution in [0.1, 0.15) is 37.9 Å². The van der Waals surface area contributed by atoms with Crippen molar-refractivity contribution in [2.75, 3.05) is 18.4 Å². The topological polar surface area (TPSA) is 84.2 Å². The van der Waals surface area contributed by atoms with E-state index in [2.05, 4.69) is 46.2 Å². The molecular weight excluding hydrogens is 318 g/mol. The van der Waals surface area contributed by atoms with E-state index in [0.717, 1.165) is 38.2 Å². The Balaban J connectivity index is 2.02. The summed E-state index contributed by atoms with van der Waals surface area (Å²) in [4.78, 5) is 20.9. The summed E-state index contributed by atoms with van der Waals surface area (Å²) in [6.45, 7) is 9.14. The number of hydrogen-bond acceptors (Lipinski definition) is 6. The summed E-state index contributed by atoms with van der Waals surface area (Å²) >= 11 is 0. The lowest BCUT2D eigenvalue weighted by Gasteiger charge is -2.21. The van der Waals surface area contributed by atoms with E-state index in [9.17, 15) is 10.1 Å². The van der Waals surface area contributed by atoms with Crippen LogP contribution >= 0.6 is 0 Å². The van der Waals surface area contributed by atoms with E-state index in [4.69, 9.17) is 0 Å². The molecule has 2 aromatic rings. The number of rotatable bonds is 9. The van der Waals surface area contributed by atoms with Gasteiger partial charge < -0.3 is 5.32 Å². The molecule has 7 heteroatoms. The van der Waals surface area contributed by atoms with Gasteiger partial charge in [-0.05, 0) is 50.6 Å². The maximum atomic E-state index is 10.8. The van der Waals surface area contributed by atoms with E-state index in [1.165, 1.54) is 11.8 Å². The molecule has 7 nitrogen and oxygen atoms in total. The average Bonchev–Trinajstić information content (AvgIpc) is 2.57. The van der Waals surface area contributed by atoms with E-state index in [0.29, 0.717) is 11.6 Å². The molecular formula is C18H25N5O2. The minimum absolute atomic E-state index is 0.0761. The predicted molar refractivity (Wildman–Crippen MR) is 99.0 cm³/mol. The smallest absolute Gasteiger partial charge is 0.308 e. The molecule has 0 aliphatic carbocycles. The number of aryl methyl sites for hydroxylation is 1. The molecule has 1 aromatic heterocycles. The fraction of sp³-hybridized carbons (Fsp3) is 0.444. The van der Waals surface area contributed by atoms with Gasteiger partial charge in [0.1, 0.15) is 11.9 Å². The van der Waals surface area contributed by atoms with Gasteiger partial charge in [0.05, 0.1) is 4.92 Å². The number of nitrogens with one attached hydrogen (secondary N) is 1. The number of nitro groups is 1. The van der Waals surface area contributed by atoms with Gasteiger partial charge in [-0.15, -0.1) is 0 Å². The first-order valence-electron chi connectivity index (χ1n) is 8.59. The number of aromatic nitrogens is 2. The summed E-state index contributed by atoms with van der Waals surface area (Å²) in [5.74, 6) is 0.356.